The van der Waals surface area contributed by atoms with Crippen molar-refractivity contribution >= 4 is 10.8 Å². The van der Waals surface area contributed by atoms with Gasteiger partial charge in [0.05, 0.1) is 7.11 Å². The molecule has 0 amide bonds. The highest BCUT2D eigenvalue weighted by molar-refractivity contribution is 5.88. The number of hydrogen-bond acceptors (Lipinski definition) is 3. The SMILES string of the molecule is COc1ccc2cc(-c3cncc(CN)c3)ccc2c1. The van der Waals surface area contributed by atoms with Crippen LogP contribution in [0.4, 0.5) is 0 Å². The first-order valence-electron chi connectivity index (χ1n) is 6.52. The third-order valence-corrected chi connectivity index (χ3v) is 3.41. The standard InChI is InChI=1S/C17H16N2O/c1-20-17-5-4-13-7-14(2-3-15(13)8-17)16-6-12(9-18)10-19-11-16/h2-8,10-11H,9,18H2,1H3. The molecule has 0 saturated heterocycles. The molecule has 3 heteroatoms. The van der Waals surface area contributed by atoms with Gasteiger partial charge in [-0.15, -0.1) is 0 Å². The van der Waals surface area contributed by atoms with Crippen LogP contribution in [0.1, 0.15) is 5.56 Å². The molecular formula is C17H16N2O. The van der Waals surface area contributed by atoms with Crippen LogP contribution in [0.5, 0.6) is 5.75 Å². The predicted molar refractivity (Wildman–Crippen MR) is 81.6 cm³/mol. The summed E-state index contributed by atoms with van der Waals surface area (Å²) in [5, 5.41) is 2.34. The average molecular weight is 264 g/mol. The number of nitrogens with two attached hydrogens (primary N) is 1. The minimum absolute atomic E-state index is 0.506. The van der Waals surface area contributed by atoms with Gasteiger partial charge >= 0.3 is 0 Å². The Kier molecular flexibility index (Phi) is 3.35. The molecule has 0 saturated carbocycles. The summed E-state index contributed by atoms with van der Waals surface area (Å²) in [5.74, 6) is 0.872. The average Bonchev–Trinajstić information content (AvgIpc) is 2.54. The first-order chi connectivity index (χ1) is 9.80. The van der Waals surface area contributed by atoms with E-state index in [1.807, 2.05) is 18.3 Å². The molecule has 1 aromatic heterocycles. The second-order valence-electron chi connectivity index (χ2n) is 4.71. The molecule has 0 aliphatic rings. The summed E-state index contributed by atoms with van der Waals surface area (Å²) < 4.78 is 5.24. The lowest BCUT2D eigenvalue weighted by atomic mass is 10.0. The van der Waals surface area contributed by atoms with Crippen LogP contribution in [0, 0.1) is 0 Å². The van der Waals surface area contributed by atoms with Crippen molar-refractivity contribution in [3.05, 3.63) is 60.4 Å². The van der Waals surface area contributed by atoms with Gasteiger partial charge in [0.25, 0.3) is 0 Å². The second-order valence-corrected chi connectivity index (χ2v) is 4.71. The van der Waals surface area contributed by atoms with Gasteiger partial charge in [-0.25, -0.2) is 0 Å². The normalized spacial score (nSPS) is 10.7. The second kappa shape index (κ2) is 5.31. The quantitative estimate of drug-likeness (QED) is 0.789. The lowest BCUT2D eigenvalue weighted by Gasteiger charge is -2.07. The fourth-order valence-corrected chi connectivity index (χ4v) is 2.29. The monoisotopic (exact) mass is 264 g/mol. The van der Waals surface area contributed by atoms with Gasteiger partial charge in [-0.05, 0) is 46.2 Å². The highest BCUT2D eigenvalue weighted by atomic mass is 16.5. The van der Waals surface area contributed by atoms with Gasteiger partial charge in [-0.2, -0.15) is 0 Å². The van der Waals surface area contributed by atoms with Gasteiger partial charge in [0, 0.05) is 24.5 Å². The summed E-state index contributed by atoms with van der Waals surface area (Å²) in [7, 11) is 1.68. The molecule has 0 spiro atoms. The van der Waals surface area contributed by atoms with Crippen LogP contribution in [0.15, 0.2) is 54.9 Å². The molecule has 2 N–H and O–H groups in total. The van der Waals surface area contributed by atoms with Crippen LogP contribution in [-0.4, -0.2) is 12.1 Å². The van der Waals surface area contributed by atoms with Gasteiger partial charge in [-0.3, -0.25) is 4.98 Å². The lowest BCUT2D eigenvalue weighted by Crippen LogP contribution is -1.97. The Hall–Kier alpha value is -2.39. The minimum Gasteiger partial charge on any atom is -0.497 e. The Balaban J connectivity index is 2.08. The molecule has 0 unspecified atom stereocenters. The highest BCUT2D eigenvalue weighted by Crippen LogP contribution is 2.27. The van der Waals surface area contributed by atoms with Crippen molar-refractivity contribution in [1.29, 1.82) is 0 Å². The van der Waals surface area contributed by atoms with Crippen molar-refractivity contribution in [2.24, 2.45) is 5.73 Å². The van der Waals surface area contributed by atoms with E-state index in [9.17, 15) is 0 Å². The summed E-state index contributed by atoms with van der Waals surface area (Å²) in [6.07, 6.45) is 3.67. The van der Waals surface area contributed by atoms with Crippen molar-refractivity contribution in [1.82, 2.24) is 4.98 Å². The number of benzene rings is 2. The molecule has 0 atom stereocenters. The van der Waals surface area contributed by atoms with E-state index in [-0.39, 0.29) is 0 Å². The molecule has 3 rings (SSSR count). The molecule has 0 aliphatic carbocycles. The molecule has 3 aromatic rings. The van der Waals surface area contributed by atoms with E-state index in [0.717, 1.165) is 27.8 Å². The van der Waals surface area contributed by atoms with Crippen molar-refractivity contribution in [3.8, 4) is 16.9 Å². The maximum Gasteiger partial charge on any atom is 0.119 e. The zero-order valence-electron chi connectivity index (χ0n) is 11.3. The summed E-state index contributed by atoms with van der Waals surface area (Å²) in [5.41, 5.74) is 8.94. The maximum atomic E-state index is 5.67. The topological polar surface area (TPSA) is 48.1 Å². The van der Waals surface area contributed by atoms with E-state index >= 15 is 0 Å². The number of aromatic nitrogens is 1. The first-order valence-corrected chi connectivity index (χ1v) is 6.52. The molecule has 0 aliphatic heterocycles. The largest absolute Gasteiger partial charge is 0.497 e. The number of fused-ring (bicyclic) bond motifs is 1. The van der Waals surface area contributed by atoms with Gasteiger partial charge in [0.1, 0.15) is 5.75 Å². The summed E-state index contributed by atoms with van der Waals surface area (Å²) in [4.78, 5) is 4.24. The molecular weight excluding hydrogens is 248 g/mol. The number of methoxy groups -OCH3 is 1. The van der Waals surface area contributed by atoms with E-state index in [1.165, 1.54) is 5.39 Å². The van der Waals surface area contributed by atoms with Crippen LogP contribution in [-0.2, 0) is 6.54 Å². The van der Waals surface area contributed by atoms with Crippen LogP contribution in [0.3, 0.4) is 0 Å². The van der Waals surface area contributed by atoms with E-state index in [0.29, 0.717) is 6.54 Å². The zero-order valence-corrected chi connectivity index (χ0v) is 11.3. The Morgan fingerprint density at radius 3 is 2.55 bits per heavy atom. The smallest absolute Gasteiger partial charge is 0.119 e. The summed E-state index contributed by atoms with van der Waals surface area (Å²) in [6, 6.07) is 14.5. The van der Waals surface area contributed by atoms with Crippen molar-refractivity contribution in [2.75, 3.05) is 7.11 Å². The molecule has 0 bridgehead atoms. The van der Waals surface area contributed by atoms with Crippen LogP contribution in [0.2, 0.25) is 0 Å². The van der Waals surface area contributed by atoms with Gasteiger partial charge in [0.2, 0.25) is 0 Å². The summed E-state index contributed by atoms with van der Waals surface area (Å²) >= 11 is 0. The molecule has 0 radical (unpaired) electrons. The van der Waals surface area contributed by atoms with Crippen LogP contribution >= 0.6 is 0 Å². The maximum absolute atomic E-state index is 5.67. The molecule has 0 fully saturated rings. The van der Waals surface area contributed by atoms with E-state index < -0.39 is 0 Å². The van der Waals surface area contributed by atoms with Crippen molar-refractivity contribution in [2.45, 2.75) is 6.54 Å². The third-order valence-electron chi connectivity index (χ3n) is 3.41. The zero-order chi connectivity index (χ0) is 13.9. The number of hydrogen-bond donors (Lipinski definition) is 1. The fraction of sp³-hybridized carbons (Fsp3) is 0.118. The molecule has 20 heavy (non-hydrogen) atoms. The minimum atomic E-state index is 0.506. The van der Waals surface area contributed by atoms with Crippen LogP contribution < -0.4 is 10.5 Å². The van der Waals surface area contributed by atoms with Gasteiger partial charge in [0.15, 0.2) is 0 Å². The predicted octanol–water partition coefficient (Wildman–Crippen LogP) is 3.37. The summed E-state index contributed by atoms with van der Waals surface area (Å²) in [6.45, 7) is 0.506. The number of pyridine rings is 1. The molecule has 100 valence electrons. The Morgan fingerprint density at radius 2 is 1.75 bits per heavy atom. The number of nitrogens with zero attached hydrogens (tertiary/aromatic N) is 1. The highest BCUT2D eigenvalue weighted by Gasteiger charge is 2.02. The number of rotatable bonds is 3. The Morgan fingerprint density at radius 1 is 0.950 bits per heavy atom. The molecule has 2 aromatic carbocycles. The van der Waals surface area contributed by atoms with Crippen LogP contribution in [0.25, 0.3) is 21.9 Å². The fourth-order valence-electron chi connectivity index (χ4n) is 2.29. The van der Waals surface area contributed by atoms with E-state index in [4.69, 9.17) is 10.5 Å². The van der Waals surface area contributed by atoms with E-state index in [2.05, 4.69) is 35.3 Å². The molecule has 3 nitrogen and oxygen atoms in total. The Labute approximate surface area is 118 Å². The van der Waals surface area contributed by atoms with Crippen molar-refractivity contribution in [3.63, 3.8) is 0 Å². The lowest BCUT2D eigenvalue weighted by molar-refractivity contribution is 0.415. The Bertz CT molecular complexity index is 753. The third kappa shape index (κ3) is 2.36. The number of ether oxygens (including phenoxy) is 1. The van der Waals surface area contributed by atoms with Crippen molar-refractivity contribution < 1.29 is 4.74 Å². The van der Waals surface area contributed by atoms with Gasteiger partial charge < -0.3 is 10.5 Å². The van der Waals surface area contributed by atoms with E-state index in [1.54, 1.807) is 13.3 Å². The first kappa shape index (κ1) is 12.6. The molecule has 1 heterocycles. The van der Waals surface area contributed by atoms with Gasteiger partial charge in [-0.1, -0.05) is 18.2 Å².